The highest BCUT2D eigenvalue weighted by Gasteiger charge is 2.57. The Labute approximate surface area is 175 Å². The first kappa shape index (κ1) is 20.6. The molecule has 160 valence electrons. The number of hydrogen-bond acceptors (Lipinski definition) is 4. The number of unbranched alkanes of at least 4 members (excludes halogenated alkanes) is 2. The Morgan fingerprint density at radius 3 is 2.86 bits per heavy atom. The molecule has 4 rings (SSSR count). The fourth-order valence-corrected chi connectivity index (χ4v) is 6.77. The Morgan fingerprint density at radius 1 is 1.24 bits per heavy atom. The van der Waals surface area contributed by atoms with Gasteiger partial charge < -0.3 is 14.6 Å². The van der Waals surface area contributed by atoms with E-state index in [1.54, 1.807) is 0 Å². The Balaban J connectivity index is 1.46. The summed E-state index contributed by atoms with van der Waals surface area (Å²) in [5, 5.41) is 9.91. The van der Waals surface area contributed by atoms with Gasteiger partial charge in [0.05, 0.1) is 6.61 Å². The van der Waals surface area contributed by atoms with Gasteiger partial charge in [-0.1, -0.05) is 39.7 Å². The minimum atomic E-state index is -0.479. The SMILES string of the molecule is CCCCCOC(=O)OC1CCC2C3C(C)Cc4cc(O)ccc4C3CCC12C. The third kappa shape index (κ3) is 3.75. The highest BCUT2D eigenvalue weighted by atomic mass is 16.7. The van der Waals surface area contributed by atoms with Crippen LogP contribution in [0.15, 0.2) is 18.2 Å². The number of carbonyl (C=O) groups is 1. The van der Waals surface area contributed by atoms with Gasteiger partial charge in [0.1, 0.15) is 11.9 Å². The van der Waals surface area contributed by atoms with Gasteiger partial charge in [-0.25, -0.2) is 4.79 Å². The van der Waals surface area contributed by atoms with Crippen LogP contribution in [0.4, 0.5) is 4.79 Å². The van der Waals surface area contributed by atoms with Gasteiger partial charge in [-0.3, -0.25) is 0 Å². The van der Waals surface area contributed by atoms with Gasteiger partial charge in [-0.15, -0.1) is 0 Å². The molecule has 3 aliphatic carbocycles. The molecule has 0 aromatic heterocycles. The van der Waals surface area contributed by atoms with Crippen molar-refractivity contribution in [2.24, 2.45) is 23.2 Å². The molecule has 2 fully saturated rings. The van der Waals surface area contributed by atoms with Crippen LogP contribution in [-0.4, -0.2) is 24.0 Å². The Bertz CT molecular complexity index is 744. The molecule has 0 heterocycles. The van der Waals surface area contributed by atoms with Gasteiger partial charge in [0.15, 0.2) is 0 Å². The quantitative estimate of drug-likeness (QED) is 0.472. The van der Waals surface area contributed by atoms with Gasteiger partial charge in [0.2, 0.25) is 0 Å². The Morgan fingerprint density at radius 2 is 2.07 bits per heavy atom. The molecule has 0 saturated heterocycles. The molecular formula is C25H36O4. The van der Waals surface area contributed by atoms with Crippen LogP contribution in [0, 0.1) is 23.2 Å². The van der Waals surface area contributed by atoms with Gasteiger partial charge in [-0.05, 0) is 85.5 Å². The maximum Gasteiger partial charge on any atom is 0.508 e. The third-order valence-corrected chi connectivity index (χ3v) is 8.18. The summed E-state index contributed by atoms with van der Waals surface area (Å²) in [6, 6.07) is 5.95. The lowest BCUT2D eigenvalue weighted by Crippen LogP contribution is -2.47. The van der Waals surface area contributed by atoms with Crippen LogP contribution in [0.3, 0.4) is 0 Å². The number of benzene rings is 1. The summed E-state index contributed by atoms with van der Waals surface area (Å²) in [5.41, 5.74) is 2.81. The monoisotopic (exact) mass is 400 g/mol. The molecule has 0 bridgehead atoms. The van der Waals surface area contributed by atoms with Crippen LogP contribution < -0.4 is 0 Å². The largest absolute Gasteiger partial charge is 0.508 e. The summed E-state index contributed by atoms with van der Waals surface area (Å²) in [6.07, 6.45) is 7.92. The van der Waals surface area contributed by atoms with Crippen molar-refractivity contribution in [3.8, 4) is 5.75 Å². The van der Waals surface area contributed by atoms with Gasteiger partial charge in [-0.2, -0.15) is 0 Å². The van der Waals surface area contributed by atoms with Crippen LogP contribution in [0.1, 0.15) is 82.8 Å². The molecule has 4 heteroatoms. The summed E-state index contributed by atoms with van der Waals surface area (Å²) in [5.74, 6) is 2.73. The van der Waals surface area contributed by atoms with E-state index in [1.807, 2.05) is 12.1 Å². The van der Waals surface area contributed by atoms with Crippen molar-refractivity contribution in [2.45, 2.75) is 84.2 Å². The van der Waals surface area contributed by atoms with E-state index in [-0.39, 0.29) is 11.5 Å². The summed E-state index contributed by atoms with van der Waals surface area (Å²) in [4.78, 5) is 12.3. The summed E-state index contributed by atoms with van der Waals surface area (Å²) >= 11 is 0. The van der Waals surface area contributed by atoms with Gasteiger partial charge in [0.25, 0.3) is 0 Å². The van der Waals surface area contributed by atoms with Crippen LogP contribution in [-0.2, 0) is 15.9 Å². The molecule has 6 atom stereocenters. The number of hydrogen-bond donors (Lipinski definition) is 1. The van der Waals surface area contributed by atoms with E-state index in [1.165, 1.54) is 11.1 Å². The maximum atomic E-state index is 12.3. The molecular weight excluding hydrogens is 364 g/mol. The smallest absolute Gasteiger partial charge is 0.508 e. The van der Waals surface area contributed by atoms with Gasteiger partial charge in [0, 0.05) is 5.41 Å². The van der Waals surface area contributed by atoms with Gasteiger partial charge >= 0.3 is 6.16 Å². The molecule has 2 saturated carbocycles. The highest BCUT2D eigenvalue weighted by molar-refractivity contribution is 5.60. The summed E-state index contributed by atoms with van der Waals surface area (Å²) in [6.45, 7) is 7.31. The second-order valence-electron chi connectivity index (χ2n) is 9.89. The lowest BCUT2D eigenvalue weighted by molar-refractivity contribution is -0.0618. The van der Waals surface area contributed by atoms with Crippen molar-refractivity contribution >= 4 is 6.16 Å². The average Bonchev–Trinajstić information content (AvgIpc) is 3.01. The molecule has 29 heavy (non-hydrogen) atoms. The van der Waals surface area contributed by atoms with Crippen LogP contribution >= 0.6 is 0 Å². The van der Waals surface area contributed by atoms with E-state index >= 15 is 0 Å². The number of fused-ring (bicyclic) bond motifs is 5. The molecule has 0 amide bonds. The number of phenolic OH excluding ortho intramolecular Hbond substituents is 1. The molecule has 1 aromatic carbocycles. The third-order valence-electron chi connectivity index (χ3n) is 8.18. The Hall–Kier alpha value is -1.71. The molecule has 1 aromatic rings. The van der Waals surface area contributed by atoms with Crippen molar-refractivity contribution in [1.29, 1.82) is 0 Å². The number of aromatic hydroxyl groups is 1. The van der Waals surface area contributed by atoms with E-state index in [2.05, 4.69) is 26.8 Å². The zero-order chi connectivity index (χ0) is 20.6. The zero-order valence-electron chi connectivity index (χ0n) is 18.2. The van der Waals surface area contributed by atoms with Crippen molar-refractivity contribution < 1.29 is 19.4 Å². The summed E-state index contributed by atoms with van der Waals surface area (Å²) < 4.78 is 11.2. The first-order valence-corrected chi connectivity index (χ1v) is 11.6. The van der Waals surface area contributed by atoms with Crippen molar-refractivity contribution in [1.82, 2.24) is 0 Å². The maximum absolute atomic E-state index is 12.3. The number of ether oxygens (including phenoxy) is 2. The molecule has 6 unspecified atom stereocenters. The van der Waals surface area contributed by atoms with E-state index in [4.69, 9.17) is 9.47 Å². The predicted molar refractivity (Wildman–Crippen MR) is 113 cm³/mol. The fourth-order valence-electron chi connectivity index (χ4n) is 6.77. The Kier molecular flexibility index (Phi) is 5.81. The zero-order valence-corrected chi connectivity index (χ0v) is 18.2. The number of rotatable bonds is 5. The van der Waals surface area contributed by atoms with Crippen molar-refractivity contribution in [2.75, 3.05) is 6.61 Å². The topological polar surface area (TPSA) is 55.8 Å². The first-order valence-electron chi connectivity index (χ1n) is 11.6. The van der Waals surface area contributed by atoms with Crippen LogP contribution in [0.2, 0.25) is 0 Å². The number of phenols is 1. The minimum Gasteiger partial charge on any atom is -0.508 e. The molecule has 0 aliphatic heterocycles. The van der Waals surface area contributed by atoms with E-state index in [0.717, 1.165) is 51.4 Å². The first-order chi connectivity index (χ1) is 13.9. The van der Waals surface area contributed by atoms with E-state index < -0.39 is 6.16 Å². The van der Waals surface area contributed by atoms with Crippen LogP contribution in [0.25, 0.3) is 0 Å². The minimum absolute atomic E-state index is 0.0273. The molecule has 3 aliphatic rings. The summed E-state index contributed by atoms with van der Waals surface area (Å²) in [7, 11) is 0. The second-order valence-corrected chi connectivity index (χ2v) is 9.89. The molecule has 4 nitrogen and oxygen atoms in total. The molecule has 0 spiro atoms. The van der Waals surface area contributed by atoms with E-state index in [9.17, 15) is 9.90 Å². The van der Waals surface area contributed by atoms with Crippen molar-refractivity contribution in [3.05, 3.63) is 29.3 Å². The average molecular weight is 401 g/mol. The molecule has 1 N–H and O–H groups in total. The lowest BCUT2D eigenvalue weighted by atomic mass is 9.53. The standard InChI is InChI=1S/C25H36O4/c1-4-5-6-13-28-24(27)29-22-10-9-21-23-16(2)14-17-15-18(26)7-8-19(17)20(23)11-12-25(21,22)3/h7-8,15-16,20-23,26H,4-6,9-14H2,1-3H3. The lowest BCUT2D eigenvalue weighted by Gasteiger charge is -2.52. The molecule has 0 radical (unpaired) electrons. The fraction of sp³-hybridized carbons (Fsp3) is 0.720. The highest BCUT2D eigenvalue weighted by Crippen LogP contribution is 2.62. The van der Waals surface area contributed by atoms with Crippen molar-refractivity contribution in [3.63, 3.8) is 0 Å². The van der Waals surface area contributed by atoms with E-state index in [0.29, 0.717) is 36.0 Å². The second kappa shape index (κ2) is 8.20. The predicted octanol–water partition coefficient (Wildman–Crippen LogP) is 6.21. The normalized spacial score (nSPS) is 35.3. The number of carbonyl (C=O) groups excluding carboxylic acids is 1. The van der Waals surface area contributed by atoms with Crippen LogP contribution in [0.5, 0.6) is 5.75 Å².